The van der Waals surface area contributed by atoms with Crippen LogP contribution in [0.3, 0.4) is 0 Å². The molecule has 2 amide bonds. The first kappa shape index (κ1) is 24.3. The van der Waals surface area contributed by atoms with E-state index >= 15 is 0 Å². The number of nitrogens with one attached hydrogen (secondary N) is 1. The third kappa shape index (κ3) is 5.11. The molecule has 1 N–H and O–H groups in total. The average Bonchev–Trinajstić information content (AvgIpc) is 2.96. The second-order valence-electron chi connectivity index (χ2n) is 9.05. The molecule has 0 spiro atoms. The highest BCUT2D eigenvalue weighted by molar-refractivity contribution is 6.07. The Bertz CT molecular complexity index is 1430. The van der Waals surface area contributed by atoms with Crippen molar-refractivity contribution in [2.45, 2.75) is 18.9 Å². The molecule has 5 rings (SSSR count). The van der Waals surface area contributed by atoms with Crippen LogP contribution in [-0.4, -0.2) is 55.0 Å². The molecule has 4 aromatic rings. The quantitative estimate of drug-likeness (QED) is 0.409. The van der Waals surface area contributed by atoms with Gasteiger partial charge in [-0.1, -0.05) is 36.4 Å². The number of hydrogen-bond acceptors (Lipinski definition) is 5. The van der Waals surface area contributed by atoms with E-state index in [1.807, 2.05) is 71.6 Å². The first-order chi connectivity index (χ1) is 18.1. The number of rotatable bonds is 6. The normalized spacial score (nSPS) is 13.8. The fourth-order valence-corrected chi connectivity index (χ4v) is 4.75. The van der Waals surface area contributed by atoms with Gasteiger partial charge in [-0.05, 0) is 55.3 Å². The Balaban J connectivity index is 1.37. The maximum atomic E-state index is 13.7. The van der Waals surface area contributed by atoms with Crippen LogP contribution in [-0.2, 0) is 0 Å². The highest BCUT2D eigenvalue weighted by atomic mass is 16.5. The van der Waals surface area contributed by atoms with E-state index in [0.29, 0.717) is 54.3 Å². The van der Waals surface area contributed by atoms with E-state index in [9.17, 15) is 9.59 Å². The van der Waals surface area contributed by atoms with Crippen LogP contribution in [0.4, 0.5) is 0 Å². The van der Waals surface area contributed by atoms with E-state index in [1.54, 1.807) is 26.4 Å². The summed E-state index contributed by atoms with van der Waals surface area (Å²) in [5.41, 5.74) is 3.53. The van der Waals surface area contributed by atoms with Crippen LogP contribution in [0.2, 0.25) is 0 Å². The highest BCUT2D eigenvalue weighted by Gasteiger charge is 2.26. The third-order valence-corrected chi connectivity index (χ3v) is 6.78. The number of aromatic nitrogens is 1. The molecular weight excluding hydrogens is 466 g/mol. The third-order valence-electron chi connectivity index (χ3n) is 6.78. The van der Waals surface area contributed by atoms with E-state index < -0.39 is 0 Å². The largest absolute Gasteiger partial charge is 0.493 e. The average molecular weight is 496 g/mol. The van der Waals surface area contributed by atoms with E-state index in [4.69, 9.17) is 14.5 Å². The van der Waals surface area contributed by atoms with Gasteiger partial charge in [-0.15, -0.1) is 0 Å². The molecule has 1 aliphatic rings. The fourth-order valence-electron chi connectivity index (χ4n) is 4.75. The van der Waals surface area contributed by atoms with Crippen molar-refractivity contribution in [3.63, 3.8) is 0 Å². The molecule has 1 aromatic heterocycles. The lowest BCUT2D eigenvalue weighted by Crippen LogP contribution is -2.46. The van der Waals surface area contributed by atoms with Crippen LogP contribution in [0.25, 0.3) is 22.2 Å². The lowest BCUT2D eigenvalue weighted by atomic mass is 10.00. The Morgan fingerprint density at radius 2 is 1.57 bits per heavy atom. The van der Waals surface area contributed by atoms with Crippen molar-refractivity contribution in [2.24, 2.45) is 0 Å². The Labute approximate surface area is 216 Å². The number of ether oxygens (including phenoxy) is 2. The molecular formula is C30H29N3O4. The van der Waals surface area contributed by atoms with Gasteiger partial charge in [0.25, 0.3) is 11.8 Å². The molecule has 37 heavy (non-hydrogen) atoms. The van der Waals surface area contributed by atoms with Gasteiger partial charge in [0, 0.05) is 35.6 Å². The summed E-state index contributed by atoms with van der Waals surface area (Å²) < 4.78 is 10.8. The molecule has 1 saturated heterocycles. The minimum absolute atomic E-state index is 0.0341. The van der Waals surface area contributed by atoms with Gasteiger partial charge >= 0.3 is 0 Å². The number of methoxy groups -OCH3 is 2. The maximum Gasteiger partial charge on any atom is 0.254 e. The maximum absolute atomic E-state index is 13.7. The Morgan fingerprint density at radius 3 is 2.30 bits per heavy atom. The molecule has 7 nitrogen and oxygen atoms in total. The van der Waals surface area contributed by atoms with E-state index in [0.717, 1.165) is 16.5 Å². The molecule has 188 valence electrons. The summed E-state index contributed by atoms with van der Waals surface area (Å²) in [6.45, 7) is 1.14. The molecule has 1 fully saturated rings. The first-order valence-electron chi connectivity index (χ1n) is 12.3. The number of pyridine rings is 1. The van der Waals surface area contributed by atoms with Gasteiger partial charge in [-0.2, -0.15) is 0 Å². The smallest absolute Gasteiger partial charge is 0.254 e. The fraction of sp³-hybridized carbons (Fsp3) is 0.233. The molecule has 3 aromatic carbocycles. The van der Waals surface area contributed by atoms with E-state index in [-0.39, 0.29) is 17.9 Å². The van der Waals surface area contributed by atoms with Crippen LogP contribution >= 0.6 is 0 Å². The lowest BCUT2D eigenvalue weighted by Gasteiger charge is -2.32. The summed E-state index contributed by atoms with van der Waals surface area (Å²) in [7, 11) is 3.19. The minimum atomic E-state index is -0.0786. The number of carbonyl (C=O) groups excluding carboxylic acids is 2. The van der Waals surface area contributed by atoms with Crippen molar-refractivity contribution >= 4 is 22.7 Å². The molecule has 1 aliphatic heterocycles. The number of para-hydroxylation sites is 1. The van der Waals surface area contributed by atoms with Crippen molar-refractivity contribution in [3.8, 4) is 22.8 Å². The summed E-state index contributed by atoms with van der Waals surface area (Å²) >= 11 is 0. The number of piperidine rings is 1. The number of hydrogen-bond donors (Lipinski definition) is 1. The van der Waals surface area contributed by atoms with Crippen molar-refractivity contribution < 1.29 is 19.1 Å². The SMILES string of the molecule is COc1ccc(-c2cc(C(=O)N3CCC(NC(=O)c4ccccc4)CC3)c3ccccc3n2)cc1OC. The molecule has 2 heterocycles. The second-order valence-corrected chi connectivity index (χ2v) is 9.05. The van der Waals surface area contributed by atoms with Gasteiger partial charge in [0.15, 0.2) is 11.5 Å². The lowest BCUT2D eigenvalue weighted by molar-refractivity contribution is 0.0700. The van der Waals surface area contributed by atoms with Crippen LogP contribution in [0.5, 0.6) is 11.5 Å². The molecule has 0 radical (unpaired) electrons. The zero-order chi connectivity index (χ0) is 25.8. The van der Waals surface area contributed by atoms with Crippen molar-refractivity contribution in [2.75, 3.05) is 27.3 Å². The zero-order valence-corrected chi connectivity index (χ0v) is 20.9. The Kier molecular flexibility index (Phi) is 7.03. The number of fused-ring (bicyclic) bond motifs is 1. The summed E-state index contributed by atoms with van der Waals surface area (Å²) in [4.78, 5) is 33.0. The van der Waals surface area contributed by atoms with Gasteiger partial charge in [-0.25, -0.2) is 4.98 Å². The van der Waals surface area contributed by atoms with Gasteiger partial charge in [0.05, 0.1) is 31.0 Å². The zero-order valence-electron chi connectivity index (χ0n) is 20.9. The van der Waals surface area contributed by atoms with Crippen molar-refractivity contribution in [1.82, 2.24) is 15.2 Å². The number of carbonyl (C=O) groups is 2. The van der Waals surface area contributed by atoms with Crippen LogP contribution in [0, 0.1) is 0 Å². The van der Waals surface area contributed by atoms with E-state index in [1.165, 1.54) is 0 Å². The summed E-state index contributed by atoms with van der Waals surface area (Å²) in [5, 5.41) is 3.92. The predicted molar refractivity (Wildman–Crippen MR) is 143 cm³/mol. The summed E-state index contributed by atoms with van der Waals surface area (Å²) in [6.07, 6.45) is 1.41. The topological polar surface area (TPSA) is 80.8 Å². The molecule has 0 aliphatic carbocycles. The minimum Gasteiger partial charge on any atom is -0.493 e. The predicted octanol–water partition coefficient (Wildman–Crippen LogP) is 4.95. The Morgan fingerprint density at radius 1 is 0.865 bits per heavy atom. The molecule has 0 atom stereocenters. The second kappa shape index (κ2) is 10.7. The molecule has 0 unspecified atom stereocenters. The summed E-state index contributed by atoms with van der Waals surface area (Å²) in [6, 6.07) is 24.4. The summed E-state index contributed by atoms with van der Waals surface area (Å²) in [5.74, 6) is 1.12. The molecule has 0 saturated carbocycles. The Hall–Kier alpha value is -4.39. The van der Waals surface area contributed by atoms with Crippen LogP contribution < -0.4 is 14.8 Å². The monoisotopic (exact) mass is 495 g/mol. The standard InChI is InChI=1S/C30H29N3O4/c1-36-27-13-12-21(18-28(27)37-2)26-19-24(23-10-6-7-11-25(23)32-26)30(35)33-16-14-22(15-17-33)31-29(34)20-8-4-3-5-9-20/h3-13,18-19,22H,14-17H2,1-2H3,(H,31,34). The van der Waals surface area contributed by atoms with Gasteiger partial charge in [-0.3, -0.25) is 9.59 Å². The first-order valence-corrected chi connectivity index (χ1v) is 12.3. The van der Waals surface area contributed by atoms with Gasteiger partial charge < -0.3 is 19.7 Å². The van der Waals surface area contributed by atoms with Gasteiger partial charge in [0.2, 0.25) is 0 Å². The number of nitrogens with zero attached hydrogens (tertiary/aromatic N) is 2. The van der Waals surface area contributed by atoms with Crippen molar-refractivity contribution in [1.29, 1.82) is 0 Å². The highest BCUT2D eigenvalue weighted by Crippen LogP contribution is 2.33. The van der Waals surface area contributed by atoms with Crippen LogP contribution in [0.1, 0.15) is 33.6 Å². The number of benzene rings is 3. The van der Waals surface area contributed by atoms with Crippen molar-refractivity contribution in [3.05, 3.63) is 90.0 Å². The van der Waals surface area contributed by atoms with E-state index in [2.05, 4.69) is 5.32 Å². The number of likely N-dealkylation sites (tertiary alicyclic amines) is 1. The molecule has 0 bridgehead atoms. The molecule has 7 heteroatoms. The van der Waals surface area contributed by atoms with Gasteiger partial charge in [0.1, 0.15) is 0 Å². The van der Waals surface area contributed by atoms with Crippen LogP contribution in [0.15, 0.2) is 78.9 Å². The number of amides is 2.